The topological polar surface area (TPSA) is 95.9 Å². The van der Waals surface area contributed by atoms with Gasteiger partial charge >= 0.3 is 0 Å². The number of rotatable bonds is 8. The van der Waals surface area contributed by atoms with Gasteiger partial charge in [0.15, 0.2) is 0 Å². The Hall–Kier alpha value is -2.26. The molecule has 2 aromatic carbocycles. The van der Waals surface area contributed by atoms with Crippen LogP contribution in [-0.4, -0.2) is 43.0 Å². The summed E-state index contributed by atoms with van der Waals surface area (Å²) in [6.45, 7) is 3.37. The number of ether oxygens (including phenoxy) is 1. The lowest BCUT2D eigenvalue weighted by Gasteiger charge is -2.31. The van der Waals surface area contributed by atoms with Crippen LogP contribution in [-0.2, 0) is 32.6 Å². The van der Waals surface area contributed by atoms with Crippen molar-refractivity contribution in [2.75, 3.05) is 13.1 Å². The number of aryl methyl sites for hydroxylation is 2. The summed E-state index contributed by atoms with van der Waals surface area (Å²) in [5.41, 5.74) is 4.48. The molecule has 0 saturated carbocycles. The van der Waals surface area contributed by atoms with Gasteiger partial charge in [-0.05, 0) is 48.9 Å². The maximum atomic E-state index is 13.2. The lowest BCUT2D eigenvalue weighted by Crippen LogP contribution is -2.41. The average molecular weight is 433 g/mol. The van der Waals surface area contributed by atoms with E-state index in [9.17, 15) is 13.2 Å². The molecule has 162 valence electrons. The van der Waals surface area contributed by atoms with Crippen molar-refractivity contribution in [3.8, 4) is 0 Å². The first-order valence-electron chi connectivity index (χ1n) is 10.1. The zero-order chi connectivity index (χ0) is 21.6. The number of benzene rings is 2. The molecular weight excluding hydrogens is 404 g/mol. The summed E-state index contributed by atoms with van der Waals surface area (Å²) in [4.78, 5) is 11.6. The summed E-state index contributed by atoms with van der Waals surface area (Å²) < 4.78 is 33.9. The molecule has 0 aliphatic carbocycles. The Morgan fingerprint density at radius 2 is 1.73 bits per heavy atom. The average Bonchev–Trinajstić information content (AvgIpc) is 2.77. The van der Waals surface area contributed by atoms with E-state index in [4.69, 9.17) is 9.94 Å². The number of hydrogen-bond donors (Lipinski definition) is 2. The van der Waals surface area contributed by atoms with Gasteiger partial charge in [-0.2, -0.15) is 4.31 Å². The molecule has 1 heterocycles. The highest BCUT2D eigenvalue weighted by Crippen LogP contribution is 2.26. The van der Waals surface area contributed by atoms with Crippen LogP contribution >= 0.6 is 0 Å². The van der Waals surface area contributed by atoms with Crippen LogP contribution in [0.5, 0.6) is 0 Å². The molecule has 1 aliphatic heterocycles. The van der Waals surface area contributed by atoms with Crippen molar-refractivity contribution in [3.63, 3.8) is 0 Å². The van der Waals surface area contributed by atoms with Crippen molar-refractivity contribution in [2.45, 2.75) is 50.2 Å². The molecule has 2 N–H and O–H groups in total. The molecule has 1 aliphatic rings. The summed E-state index contributed by atoms with van der Waals surface area (Å²) in [7, 11) is -3.66. The number of hydroxylamine groups is 1. The molecule has 30 heavy (non-hydrogen) atoms. The maximum absolute atomic E-state index is 13.2. The Morgan fingerprint density at radius 3 is 2.40 bits per heavy atom. The van der Waals surface area contributed by atoms with Gasteiger partial charge in [-0.15, -0.1) is 0 Å². The predicted molar refractivity (Wildman–Crippen MR) is 112 cm³/mol. The fraction of sp³-hybridized carbons (Fsp3) is 0.409. The second-order valence-corrected chi connectivity index (χ2v) is 9.39. The van der Waals surface area contributed by atoms with Gasteiger partial charge in [0.1, 0.15) is 0 Å². The number of sulfonamides is 1. The second kappa shape index (κ2) is 10.2. The van der Waals surface area contributed by atoms with Gasteiger partial charge in [0, 0.05) is 19.5 Å². The molecule has 2 aromatic rings. The van der Waals surface area contributed by atoms with E-state index in [1.165, 1.54) is 9.87 Å². The lowest BCUT2D eigenvalue weighted by molar-refractivity contribution is -0.129. The van der Waals surface area contributed by atoms with Gasteiger partial charge in [0.25, 0.3) is 0 Å². The first-order valence-corrected chi connectivity index (χ1v) is 11.5. The molecule has 3 rings (SSSR count). The van der Waals surface area contributed by atoms with Gasteiger partial charge in [-0.25, -0.2) is 13.9 Å². The molecule has 0 atom stereocenters. The first kappa shape index (κ1) is 22.4. The lowest BCUT2D eigenvalue weighted by atomic mass is 10.1. The minimum atomic E-state index is -3.66. The first-order chi connectivity index (χ1) is 14.4. The molecule has 1 fully saturated rings. The number of amides is 1. The zero-order valence-corrected chi connectivity index (χ0v) is 17.9. The number of carbonyl (C=O) groups is 1. The molecule has 0 unspecified atom stereocenters. The van der Waals surface area contributed by atoms with Crippen molar-refractivity contribution in [2.24, 2.45) is 0 Å². The van der Waals surface area contributed by atoms with E-state index in [1.807, 2.05) is 18.2 Å². The monoisotopic (exact) mass is 432 g/mol. The van der Waals surface area contributed by atoms with E-state index in [2.05, 4.69) is 13.0 Å². The van der Waals surface area contributed by atoms with Crippen LogP contribution in [0.4, 0.5) is 0 Å². The second-order valence-electron chi connectivity index (χ2n) is 7.48. The van der Waals surface area contributed by atoms with Gasteiger partial charge in [0.05, 0.1) is 17.6 Å². The minimum Gasteiger partial charge on any atom is -0.373 e. The Balaban J connectivity index is 1.61. The third-order valence-electron chi connectivity index (χ3n) is 5.47. The summed E-state index contributed by atoms with van der Waals surface area (Å²) in [6, 6.07) is 14.8. The standard InChI is InChI=1S/C22H28N2O5S/c1-17-6-2-3-8-19(17)16-29-20-12-14-24(15-13-20)30(27,28)21-9-5-4-7-18(21)10-11-22(25)23-26/h2-9,20,26H,10-16H2,1H3,(H,23,25). The number of nitrogens with zero attached hydrogens (tertiary/aromatic N) is 1. The van der Waals surface area contributed by atoms with E-state index in [0.717, 1.165) is 5.56 Å². The molecular formula is C22H28N2O5S. The van der Waals surface area contributed by atoms with E-state index in [1.54, 1.807) is 29.7 Å². The number of carbonyl (C=O) groups excluding carboxylic acids is 1. The smallest absolute Gasteiger partial charge is 0.243 e. The molecule has 7 nitrogen and oxygen atoms in total. The maximum Gasteiger partial charge on any atom is 0.243 e. The van der Waals surface area contributed by atoms with Crippen LogP contribution < -0.4 is 5.48 Å². The fourth-order valence-corrected chi connectivity index (χ4v) is 5.35. The van der Waals surface area contributed by atoms with Crippen LogP contribution in [0.2, 0.25) is 0 Å². The summed E-state index contributed by atoms with van der Waals surface area (Å²) in [6.07, 6.45) is 1.55. The summed E-state index contributed by atoms with van der Waals surface area (Å²) in [5, 5.41) is 8.66. The molecule has 0 bridgehead atoms. The summed E-state index contributed by atoms with van der Waals surface area (Å²) >= 11 is 0. The van der Waals surface area contributed by atoms with Gasteiger partial charge in [-0.1, -0.05) is 42.5 Å². The number of piperidine rings is 1. The van der Waals surface area contributed by atoms with Crippen molar-refractivity contribution in [1.29, 1.82) is 0 Å². The highest BCUT2D eigenvalue weighted by molar-refractivity contribution is 7.89. The Morgan fingerprint density at radius 1 is 1.10 bits per heavy atom. The Labute approximate surface area is 177 Å². The Kier molecular flexibility index (Phi) is 7.60. The minimum absolute atomic E-state index is 0.0118. The van der Waals surface area contributed by atoms with Gasteiger partial charge < -0.3 is 4.74 Å². The molecule has 8 heteroatoms. The van der Waals surface area contributed by atoms with Crippen LogP contribution in [0.25, 0.3) is 0 Å². The SMILES string of the molecule is Cc1ccccc1COC1CCN(S(=O)(=O)c2ccccc2CCC(=O)NO)CC1. The number of hydrogen-bond acceptors (Lipinski definition) is 5. The molecule has 0 spiro atoms. The van der Waals surface area contributed by atoms with E-state index in [-0.39, 0.29) is 23.8 Å². The van der Waals surface area contributed by atoms with Crippen LogP contribution in [0.3, 0.4) is 0 Å². The van der Waals surface area contributed by atoms with Crippen molar-refractivity contribution in [3.05, 3.63) is 65.2 Å². The molecule has 0 radical (unpaired) electrons. The highest BCUT2D eigenvalue weighted by atomic mass is 32.2. The largest absolute Gasteiger partial charge is 0.373 e. The van der Waals surface area contributed by atoms with E-state index < -0.39 is 15.9 Å². The highest BCUT2D eigenvalue weighted by Gasteiger charge is 2.31. The third kappa shape index (κ3) is 5.46. The van der Waals surface area contributed by atoms with Crippen molar-refractivity contribution < 1.29 is 23.2 Å². The normalized spacial score (nSPS) is 15.8. The fourth-order valence-electron chi connectivity index (χ4n) is 3.62. The van der Waals surface area contributed by atoms with Crippen molar-refractivity contribution >= 4 is 15.9 Å². The van der Waals surface area contributed by atoms with Gasteiger partial charge in [-0.3, -0.25) is 10.0 Å². The van der Waals surface area contributed by atoms with E-state index in [0.29, 0.717) is 38.1 Å². The van der Waals surface area contributed by atoms with Crippen LogP contribution in [0.15, 0.2) is 53.4 Å². The van der Waals surface area contributed by atoms with Crippen molar-refractivity contribution in [1.82, 2.24) is 9.79 Å². The molecule has 1 amide bonds. The van der Waals surface area contributed by atoms with Crippen LogP contribution in [0.1, 0.15) is 36.0 Å². The number of nitrogens with one attached hydrogen (secondary N) is 1. The molecule has 1 saturated heterocycles. The third-order valence-corrected chi connectivity index (χ3v) is 7.47. The Bertz CT molecular complexity index is 969. The molecule has 0 aromatic heterocycles. The zero-order valence-electron chi connectivity index (χ0n) is 17.1. The van der Waals surface area contributed by atoms with Gasteiger partial charge in [0.2, 0.25) is 15.9 Å². The predicted octanol–water partition coefficient (Wildman–Crippen LogP) is 2.80. The van der Waals surface area contributed by atoms with Crippen LogP contribution in [0, 0.1) is 6.92 Å². The quantitative estimate of drug-likeness (QED) is 0.494. The van der Waals surface area contributed by atoms with E-state index >= 15 is 0 Å². The summed E-state index contributed by atoms with van der Waals surface area (Å²) in [5.74, 6) is -0.547.